The minimum absolute atomic E-state index is 0.0737. The van der Waals surface area contributed by atoms with E-state index in [0.29, 0.717) is 5.56 Å². The van der Waals surface area contributed by atoms with Crippen LogP contribution in [0.2, 0.25) is 0 Å². The van der Waals surface area contributed by atoms with Gasteiger partial charge in [-0.05, 0) is 66.6 Å². The van der Waals surface area contributed by atoms with Crippen LogP contribution in [0.3, 0.4) is 0 Å². The number of benzene rings is 2. The van der Waals surface area contributed by atoms with Crippen molar-refractivity contribution in [1.82, 2.24) is 0 Å². The number of hydrogen-bond acceptors (Lipinski definition) is 4. The number of Topliss-reactive ketones (excluding diaryl/α,β-unsaturated/α-hetero) is 1. The summed E-state index contributed by atoms with van der Waals surface area (Å²) in [6, 6.07) is 11.2. The molecule has 138 valence electrons. The van der Waals surface area contributed by atoms with Gasteiger partial charge in [-0.3, -0.25) is 14.4 Å². The molecule has 1 atom stereocenters. The summed E-state index contributed by atoms with van der Waals surface area (Å²) >= 11 is 0. The summed E-state index contributed by atoms with van der Waals surface area (Å²) in [7, 11) is 0. The molecular formula is C22H21NO4. The van der Waals surface area contributed by atoms with E-state index in [1.165, 1.54) is 11.1 Å². The first kappa shape index (κ1) is 17.5. The van der Waals surface area contributed by atoms with E-state index in [1.807, 2.05) is 6.07 Å². The van der Waals surface area contributed by atoms with Gasteiger partial charge in [0.2, 0.25) is 5.91 Å². The zero-order valence-corrected chi connectivity index (χ0v) is 15.2. The number of nitrogens with one attached hydrogen (secondary N) is 1. The second kappa shape index (κ2) is 6.99. The van der Waals surface area contributed by atoms with Gasteiger partial charge in [-0.25, -0.2) is 0 Å². The van der Waals surface area contributed by atoms with Crippen LogP contribution in [-0.4, -0.2) is 24.3 Å². The first-order valence-corrected chi connectivity index (χ1v) is 9.25. The molecule has 27 heavy (non-hydrogen) atoms. The number of esters is 1. The number of fused-ring (bicyclic) bond motifs is 2. The van der Waals surface area contributed by atoms with Gasteiger partial charge in [0.1, 0.15) is 0 Å². The minimum atomic E-state index is -0.410. The molecule has 5 nitrogen and oxygen atoms in total. The Morgan fingerprint density at radius 1 is 1.11 bits per heavy atom. The van der Waals surface area contributed by atoms with E-state index in [4.69, 9.17) is 4.74 Å². The topological polar surface area (TPSA) is 72.5 Å². The fourth-order valence-electron chi connectivity index (χ4n) is 3.77. The van der Waals surface area contributed by atoms with Crippen LogP contribution >= 0.6 is 0 Å². The maximum Gasteiger partial charge on any atom is 0.310 e. The lowest BCUT2D eigenvalue weighted by atomic mass is 9.99. The number of carbonyl (C=O) groups is 3. The third-order valence-corrected chi connectivity index (χ3v) is 5.37. The van der Waals surface area contributed by atoms with E-state index >= 15 is 0 Å². The van der Waals surface area contributed by atoms with Crippen molar-refractivity contribution >= 4 is 23.3 Å². The first-order valence-electron chi connectivity index (χ1n) is 9.25. The van der Waals surface area contributed by atoms with Crippen molar-refractivity contribution in [3.63, 3.8) is 0 Å². The lowest BCUT2D eigenvalue weighted by Crippen LogP contribution is -2.16. The van der Waals surface area contributed by atoms with Crippen molar-refractivity contribution in [2.24, 2.45) is 0 Å². The smallest absolute Gasteiger partial charge is 0.310 e. The van der Waals surface area contributed by atoms with E-state index in [1.54, 1.807) is 25.1 Å². The molecule has 0 spiro atoms. The van der Waals surface area contributed by atoms with Crippen LogP contribution in [0.25, 0.3) is 0 Å². The van der Waals surface area contributed by atoms with E-state index in [2.05, 4.69) is 17.4 Å². The highest BCUT2D eigenvalue weighted by Gasteiger charge is 2.27. The van der Waals surface area contributed by atoms with Gasteiger partial charge in [-0.1, -0.05) is 18.2 Å². The van der Waals surface area contributed by atoms with Gasteiger partial charge in [0.25, 0.3) is 0 Å². The van der Waals surface area contributed by atoms with E-state index < -0.39 is 5.97 Å². The fraction of sp³-hybridized carbons (Fsp3) is 0.318. The maximum atomic E-state index is 12.4. The Morgan fingerprint density at radius 2 is 1.93 bits per heavy atom. The maximum absolute atomic E-state index is 12.4. The molecule has 1 amide bonds. The normalized spacial score (nSPS) is 17.2. The molecular weight excluding hydrogens is 342 g/mol. The molecule has 1 aliphatic carbocycles. The molecule has 1 heterocycles. The summed E-state index contributed by atoms with van der Waals surface area (Å²) < 4.78 is 5.18. The average molecular weight is 363 g/mol. The SMILES string of the molecule is C[C@@H]1C(=O)Nc2ccc(C(=O)COC(=O)Cc3ccc4c(c3)CCC4)cc21. The summed E-state index contributed by atoms with van der Waals surface area (Å²) in [6.45, 7) is 1.50. The third kappa shape index (κ3) is 3.50. The van der Waals surface area contributed by atoms with E-state index in [-0.39, 0.29) is 30.6 Å². The van der Waals surface area contributed by atoms with Gasteiger partial charge in [-0.2, -0.15) is 0 Å². The zero-order valence-electron chi connectivity index (χ0n) is 15.2. The third-order valence-electron chi connectivity index (χ3n) is 5.37. The first-order chi connectivity index (χ1) is 13.0. The minimum Gasteiger partial charge on any atom is -0.457 e. The molecule has 5 heteroatoms. The van der Waals surface area contributed by atoms with Crippen molar-refractivity contribution in [3.8, 4) is 0 Å². The Morgan fingerprint density at radius 3 is 2.78 bits per heavy atom. The van der Waals surface area contributed by atoms with Gasteiger partial charge in [0.05, 0.1) is 12.3 Å². The molecule has 1 N–H and O–H groups in total. The number of ketones is 1. The Kier molecular flexibility index (Phi) is 4.52. The second-order valence-electron chi connectivity index (χ2n) is 7.23. The predicted octanol–water partition coefficient (Wildman–Crippen LogP) is 3.20. The highest BCUT2D eigenvalue weighted by atomic mass is 16.5. The summed E-state index contributed by atoms with van der Waals surface area (Å²) in [6.07, 6.45) is 3.50. The van der Waals surface area contributed by atoms with Gasteiger partial charge >= 0.3 is 5.97 Å². The second-order valence-corrected chi connectivity index (χ2v) is 7.23. The number of aryl methyl sites for hydroxylation is 2. The molecule has 0 fully saturated rings. The van der Waals surface area contributed by atoms with Crippen LogP contribution < -0.4 is 5.32 Å². The molecule has 0 radical (unpaired) electrons. The fourth-order valence-corrected chi connectivity index (χ4v) is 3.77. The molecule has 2 aromatic carbocycles. The van der Waals surface area contributed by atoms with Crippen molar-refractivity contribution in [2.75, 3.05) is 11.9 Å². The van der Waals surface area contributed by atoms with Crippen LogP contribution in [0.5, 0.6) is 0 Å². The summed E-state index contributed by atoms with van der Waals surface area (Å²) in [4.78, 5) is 36.2. The number of hydrogen-bond donors (Lipinski definition) is 1. The number of ether oxygens (including phenoxy) is 1. The molecule has 0 unspecified atom stereocenters. The van der Waals surface area contributed by atoms with Crippen LogP contribution in [0.4, 0.5) is 5.69 Å². The summed E-state index contributed by atoms with van der Waals surface area (Å²) in [5.74, 6) is -1.04. The molecule has 2 aliphatic rings. The lowest BCUT2D eigenvalue weighted by Gasteiger charge is -2.08. The van der Waals surface area contributed by atoms with Crippen LogP contribution in [0.1, 0.15) is 51.9 Å². The van der Waals surface area contributed by atoms with Gasteiger partial charge in [-0.15, -0.1) is 0 Å². The van der Waals surface area contributed by atoms with Crippen LogP contribution in [0.15, 0.2) is 36.4 Å². The number of amides is 1. The molecule has 1 aliphatic heterocycles. The Labute approximate surface area is 157 Å². The van der Waals surface area contributed by atoms with Gasteiger partial charge in [0, 0.05) is 11.3 Å². The quantitative estimate of drug-likeness (QED) is 0.654. The highest BCUT2D eigenvalue weighted by molar-refractivity contribution is 6.05. The molecule has 0 aromatic heterocycles. The molecule has 4 rings (SSSR count). The Hall–Kier alpha value is -2.95. The van der Waals surface area contributed by atoms with Crippen molar-refractivity contribution < 1.29 is 19.1 Å². The molecule has 0 saturated carbocycles. The van der Waals surface area contributed by atoms with E-state index in [0.717, 1.165) is 36.1 Å². The zero-order chi connectivity index (χ0) is 19.0. The van der Waals surface area contributed by atoms with Crippen LogP contribution in [-0.2, 0) is 33.6 Å². The predicted molar refractivity (Wildman–Crippen MR) is 101 cm³/mol. The number of anilines is 1. The number of carbonyl (C=O) groups excluding carboxylic acids is 3. The lowest BCUT2D eigenvalue weighted by molar-refractivity contribution is -0.141. The molecule has 2 aromatic rings. The van der Waals surface area contributed by atoms with Gasteiger partial charge in [0.15, 0.2) is 12.4 Å². The monoisotopic (exact) mass is 363 g/mol. The standard InChI is InChI=1S/C22H21NO4/c1-13-18-11-17(7-8-19(18)23-22(13)26)20(24)12-27-21(25)10-14-5-6-15-3-2-4-16(15)9-14/h5-9,11,13H,2-4,10,12H2,1H3,(H,23,26)/t13-/m0/s1. The van der Waals surface area contributed by atoms with Crippen LogP contribution in [0, 0.1) is 0 Å². The van der Waals surface area contributed by atoms with Crippen molar-refractivity contribution in [2.45, 2.75) is 38.5 Å². The summed E-state index contributed by atoms with van der Waals surface area (Å²) in [5.41, 5.74) is 5.58. The van der Waals surface area contributed by atoms with Crippen molar-refractivity contribution in [1.29, 1.82) is 0 Å². The number of rotatable bonds is 5. The average Bonchev–Trinajstić information content (AvgIpc) is 3.23. The largest absolute Gasteiger partial charge is 0.457 e. The molecule has 0 saturated heterocycles. The Balaban J connectivity index is 1.35. The van der Waals surface area contributed by atoms with Crippen molar-refractivity contribution in [3.05, 3.63) is 64.2 Å². The molecule has 0 bridgehead atoms. The Bertz CT molecular complexity index is 947. The highest BCUT2D eigenvalue weighted by Crippen LogP contribution is 2.32. The van der Waals surface area contributed by atoms with Gasteiger partial charge < -0.3 is 10.1 Å². The van der Waals surface area contributed by atoms with E-state index in [9.17, 15) is 14.4 Å². The summed E-state index contributed by atoms with van der Waals surface area (Å²) in [5, 5.41) is 2.77.